The molecular formula is C13H20O4. The lowest BCUT2D eigenvalue weighted by Crippen LogP contribution is -2.53. The van der Waals surface area contributed by atoms with Gasteiger partial charge in [-0.1, -0.05) is 12.5 Å². The summed E-state index contributed by atoms with van der Waals surface area (Å²) >= 11 is 0. The summed E-state index contributed by atoms with van der Waals surface area (Å²) in [6.45, 7) is 5.78. The van der Waals surface area contributed by atoms with Crippen LogP contribution >= 0.6 is 0 Å². The van der Waals surface area contributed by atoms with Gasteiger partial charge < -0.3 is 14.6 Å². The lowest BCUT2D eigenvalue weighted by Gasteiger charge is -2.41. The molecule has 1 aliphatic carbocycles. The van der Waals surface area contributed by atoms with Gasteiger partial charge in [-0.2, -0.15) is 0 Å². The minimum absolute atomic E-state index is 0.262. The van der Waals surface area contributed by atoms with Crippen molar-refractivity contribution in [3.05, 3.63) is 12.7 Å². The quantitative estimate of drug-likeness (QED) is 0.603. The molecule has 1 saturated carbocycles. The molecule has 2 aliphatic rings. The van der Waals surface area contributed by atoms with Gasteiger partial charge >= 0.3 is 5.97 Å². The Labute approximate surface area is 102 Å². The molecule has 0 radical (unpaired) electrons. The number of carbonyl (C=O) groups excluding carboxylic acids is 1. The van der Waals surface area contributed by atoms with Crippen LogP contribution in [0.5, 0.6) is 0 Å². The molecule has 1 saturated heterocycles. The molecule has 0 aromatic heterocycles. The van der Waals surface area contributed by atoms with Crippen LogP contribution in [0.4, 0.5) is 0 Å². The lowest BCUT2D eigenvalue weighted by molar-refractivity contribution is -0.254. The van der Waals surface area contributed by atoms with Crippen molar-refractivity contribution in [1.29, 1.82) is 0 Å². The van der Waals surface area contributed by atoms with E-state index in [1.165, 1.54) is 0 Å². The van der Waals surface area contributed by atoms with Gasteiger partial charge in [0.1, 0.15) is 5.41 Å². The minimum atomic E-state index is -1.36. The molecule has 4 heteroatoms. The number of carbonyl (C=O) groups is 1. The Morgan fingerprint density at radius 2 is 2.29 bits per heavy atom. The number of rotatable bonds is 3. The average molecular weight is 240 g/mol. The normalized spacial score (nSPS) is 40.7. The zero-order valence-electron chi connectivity index (χ0n) is 10.3. The average Bonchev–Trinajstić information content (AvgIpc) is 2.63. The summed E-state index contributed by atoms with van der Waals surface area (Å²) in [4.78, 5) is 12.2. The summed E-state index contributed by atoms with van der Waals surface area (Å²) in [5, 5.41) is 10.6. The van der Waals surface area contributed by atoms with Gasteiger partial charge in [0.2, 0.25) is 0 Å². The van der Waals surface area contributed by atoms with Crippen LogP contribution < -0.4 is 0 Å². The molecule has 3 atom stereocenters. The summed E-state index contributed by atoms with van der Waals surface area (Å²) in [7, 11) is 0. The number of esters is 1. The Kier molecular flexibility index (Phi) is 3.27. The third-order valence-electron chi connectivity index (χ3n) is 3.94. The van der Waals surface area contributed by atoms with E-state index >= 15 is 0 Å². The summed E-state index contributed by atoms with van der Waals surface area (Å²) in [5.41, 5.74) is -0.889. The first-order valence-electron chi connectivity index (χ1n) is 6.28. The highest BCUT2D eigenvalue weighted by atomic mass is 16.6. The summed E-state index contributed by atoms with van der Waals surface area (Å²) < 4.78 is 10.7. The SMILES string of the molecule is C=C[C@@H]1C[C@]2(C(=O)OCC)CCCC[C@]2(O)O1. The van der Waals surface area contributed by atoms with Crippen LogP contribution in [0.1, 0.15) is 39.0 Å². The fourth-order valence-corrected chi connectivity index (χ4v) is 3.04. The number of fused-ring (bicyclic) bond motifs is 1. The van der Waals surface area contributed by atoms with E-state index in [1.54, 1.807) is 13.0 Å². The highest BCUT2D eigenvalue weighted by molar-refractivity contribution is 5.79. The first-order valence-corrected chi connectivity index (χ1v) is 6.28. The maximum atomic E-state index is 12.2. The lowest BCUT2D eigenvalue weighted by atomic mass is 9.68. The maximum absolute atomic E-state index is 12.2. The van der Waals surface area contributed by atoms with E-state index in [2.05, 4.69) is 6.58 Å². The van der Waals surface area contributed by atoms with E-state index in [0.29, 0.717) is 25.9 Å². The molecule has 0 aromatic rings. The predicted molar refractivity (Wildman–Crippen MR) is 62.2 cm³/mol. The molecule has 0 aromatic carbocycles. The largest absolute Gasteiger partial charge is 0.465 e. The fourth-order valence-electron chi connectivity index (χ4n) is 3.04. The van der Waals surface area contributed by atoms with Gasteiger partial charge in [-0.3, -0.25) is 4.79 Å². The van der Waals surface area contributed by atoms with E-state index in [-0.39, 0.29) is 12.1 Å². The molecule has 0 bridgehead atoms. The summed E-state index contributed by atoms with van der Waals surface area (Å²) in [5.74, 6) is -1.69. The van der Waals surface area contributed by atoms with Gasteiger partial charge in [-0.25, -0.2) is 0 Å². The Hall–Kier alpha value is -0.870. The van der Waals surface area contributed by atoms with E-state index in [1.807, 2.05) is 0 Å². The van der Waals surface area contributed by atoms with Crippen molar-refractivity contribution in [2.75, 3.05) is 6.61 Å². The monoisotopic (exact) mass is 240 g/mol. The third-order valence-corrected chi connectivity index (χ3v) is 3.94. The van der Waals surface area contributed by atoms with Crippen molar-refractivity contribution in [3.8, 4) is 0 Å². The fraction of sp³-hybridized carbons (Fsp3) is 0.769. The van der Waals surface area contributed by atoms with Gasteiger partial charge in [0.25, 0.3) is 0 Å². The van der Waals surface area contributed by atoms with Gasteiger partial charge in [-0.15, -0.1) is 6.58 Å². The molecule has 0 unspecified atom stereocenters. The van der Waals surface area contributed by atoms with Gasteiger partial charge in [0.05, 0.1) is 12.7 Å². The standard InChI is InChI=1S/C13H20O4/c1-3-10-9-12(11(14)16-4-2)7-5-6-8-13(12,15)17-10/h3,10,15H,1,4-9H2,2H3/t10-,12+,13+/m1/s1. The van der Waals surface area contributed by atoms with Crippen LogP contribution in [0.2, 0.25) is 0 Å². The van der Waals surface area contributed by atoms with E-state index < -0.39 is 11.2 Å². The van der Waals surface area contributed by atoms with E-state index in [0.717, 1.165) is 12.8 Å². The topological polar surface area (TPSA) is 55.8 Å². The molecule has 4 nitrogen and oxygen atoms in total. The second-order valence-corrected chi connectivity index (χ2v) is 4.89. The zero-order valence-corrected chi connectivity index (χ0v) is 10.3. The summed E-state index contributed by atoms with van der Waals surface area (Å²) in [6, 6.07) is 0. The van der Waals surface area contributed by atoms with Crippen molar-refractivity contribution in [1.82, 2.24) is 0 Å². The molecule has 96 valence electrons. The Balaban J connectivity index is 2.31. The Morgan fingerprint density at radius 1 is 1.59 bits per heavy atom. The molecule has 2 fully saturated rings. The van der Waals surface area contributed by atoms with Crippen LogP contribution in [0.3, 0.4) is 0 Å². The predicted octanol–water partition coefficient (Wildman–Crippen LogP) is 1.77. The van der Waals surface area contributed by atoms with Crippen molar-refractivity contribution >= 4 is 5.97 Å². The number of aliphatic hydroxyl groups is 1. The van der Waals surface area contributed by atoms with Crippen LogP contribution in [0.25, 0.3) is 0 Å². The second-order valence-electron chi connectivity index (χ2n) is 4.89. The molecular weight excluding hydrogens is 220 g/mol. The zero-order chi connectivity index (χ0) is 12.5. The van der Waals surface area contributed by atoms with Crippen molar-refractivity contribution in [2.24, 2.45) is 5.41 Å². The number of ether oxygens (including phenoxy) is 2. The smallest absolute Gasteiger partial charge is 0.317 e. The second kappa shape index (κ2) is 4.42. The Morgan fingerprint density at radius 3 is 2.94 bits per heavy atom. The molecule has 2 rings (SSSR count). The highest BCUT2D eigenvalue weighted by Gasteiger charge is 2.64. The van der Waals surface area contributed by atoms with Gasteiger partial charge in [0.15, 0.2) is 5.79 Å². The van der Waals surface area contributed by atoms with Crippen LogP contribution in [-0.4, -0.2) is 29.6 Å². The van der Waals surface area contributed by atoms with Crippen LogP contribution in [0.15, 0.2) is 12.7 Å². The van der Waals surface area contributed by atoms with E-state index in [4.69, 9.17) is 9.47 Å². The molecule has 0 amide bonds. The van der Waals surface area contributed by atoms with Gasteiger partial charge in [0, 0.05) is 6.42 Å². The van der Waals surface area contributed by atoms with Crippen molar-refractivity contribution in [2.45, 2.75) is 50.9 Å². The van der Waals surface area contributed by atoms with Crippen molar-refractivity contribution in [3.63, 3.8) is 0 Å². The first kappa shape index (κ1) is 12.6. The van der Waals surface area contributed by atoms with Gasteiger partial charge in [-0.05, 0) is 26.2 Å². The Bertz CT molecular complexity index is 327. The van der Waals surface area contributed by atoms with E-state index in [9.17, 15) is 9.90 Å². The first-order chi connectivity index (χ1) is 8.08. The molecule has 0 spiro atoms. The van der Waals surface area contributed by atoms with Crippen LogP contribution in [0, 0.1) is 5.41 Å². The number of hydrogen-bond acceptors (Lipinski definition) is 4. The van der Waals surface area contributed by atoms with Crippen LogP contribution in [-0.2, 0) is 14.3 Å². The molecule has 17 heavy (non-hydrogen) atoms. The summed E-state index contributed by atoms with van der Waals surface area (Å²) in [6.07, 6.45) is 4.80. The highest BCUT2D eigenvalue weighted by Crippen LogP contribution is 2.54. The third kappa shape index (κ3) is 1.79. The molecule has 1 aliphatic heterocycles. The number of hydrogen-bond donors (Lipinski definition) is 1. The van der Waals surface area contributed by atoms with Crippen molar-refractivity contribution < 1.29 is 19.4 Å². The molecule has 1 heterocycles. The maximum Gasteiger partial charge on any atom is 0.317 e. The molecule has 1 N–H and O–H groups in total. The minimum Gasteiger partial charge on any atom is -0.465 e.